The Balaban J connectivity index is 1.96. The standard InChI is InChI=1S/C28H41N5O2S2/c1-5-8-9-10-11-12-14-33-27(35)24(37-28(33)36)19-22-21(4)23(20-29)26(34)32(13-6-2)25(22)31-17-15-30(7-3)16-18-31/h19H,5-18H2,1-4H3. The maximum Gasteiger partial charge on any atom is 0.270 e. The van der Waals surface area contributed by atoms with Gasteiger partial charge in [-0.15, -0.1) is 0 Å². The molecule has 0 saturated carbocycles. The van der Waals surface area contributed by atoms with Gasteiger partial charge in [0, 0.05) is 44.8 Å². The molecular weight excluding hydrogens is 502 g/mol. The highest BCUT2D eigenvalue weighted by Crippen LogP contribution is 2.36. The van der Waals surface area contributed by atoms with Gasteiger partial charge in [-0.1, -0.05) is 76.9 Å². The van der Waals surface area contributed by atoms with Crippen LogP contribution in [0.5, 0.6) is 0 Å². The summed E-state index contributed by atoms with van der Waals surface area (Å²) in [5, 5.41) is 9.85. The Morgan fingerprint density at radius 3 is 2.27 bits per heavy atom. The average Bonchev–Trinajstić information content (AvgIpc) is 3.16. The van der Waals surface area contributed by atoms with Crippen LogP contribution in [0.4, 0.5) is 5.82 Å². The Bertz CT molecular complexity index is 1110. The lowest BCUT2D eigenvalue weighted by molar-refractivity contribution is -0.122. The van der Waals surface area contributed by atoms with E-state index in [-0.39, 0.29) is 17.0 Å². The van der Waals surface area contributed by atoms with E-state index in [0.717, 1.165) is 63.4 Å². The second-order valence-electron chi connectivity index (χ2n) is 9.83. The molecule has 2 aliphatic rings. The zero-order valence-electron chi connectivity index (χ0n) is 22.8. The van der Waals surface area contributed by atoms with Crippen LogP contribution in [0.2, 0.25) is 0 Å². The molecule has 2 saturated heterocycles. The molecule has 37 heavy (non-hydrogen) atoms. The Labute approximate surface area is 231 Å². The first-order valence-electron chi connectivity index (χ1n) is 13.8. The molecule has 0 bridgehead atoms. The van der Waals surface area contributed by atoms with Crippen molar-refractivity contribution in [3.8, 4) is 6.07 Å². The topological polar surface area (TPSA) is 72.6 Å². The average molecular weight is 544 g/mol. The predicted octanol–water partition coefficient (Wildman–Crippen LogP) is 5.14. The van der Waals surface area contributed by atoms with E-state index in [0.29, 0.717) is 27.9 Å². The fourth-order valence-corrected chi connectivity index (χ4v) is 6.36. The SMILES string of the molecule is CCCCCCCCN1C(=O)C(=Cc2c(C)c(C#N)c(=O)n(CCC)c2N2CCN(CC)CC2)SC1=S. The van der Waals surface area contributed by atoms with Crippen LogP contribution in [0.15, 0.2) is 9.70 Å². The van der Waals surface area contributed by atoms with Gasteiger partial charge in [-0.3, -0.25) is 19.1 Å². The fourth-order valence-electron chi connectivity index (χ4n) is 5.07. The molecule has 2 fully saturated rings. The van der Waals surface area contributed by atoms with Crippen molar-refractivity contribution in [1.82, 2.24) is 14.4 Å². The molecule has 3 rings (SSSR count). The Morgan fingerprint density at radius 2 is 1.65 bits per heavy atom. The summed E-state index contributed by atoms with van der Waals surface area (Å²) in [7, 11) is 0. The van der Waals surface area contributed by atoms with Crippen molar-refractivity contribution in [3.05, 3.63) is 31.9 Å². The Kier molecular flexibility index (Phi) is 11.2. The number of anilines is 1. The van der Waals surface area contributed by atoms with Crippen molar-refractivity contribution in [2.45, 2.75) is 79.2 Å². The van der Waals surface area contributed by atoms with Crippen LogP contribution < -0.4 is 10.5 Å². The number of nitriles is 1. The number of nitrogens with zero attached hydrogens (tertiary/aromatic N) is 5. The fraction of sp³-hybridized carbons (Fsp3) is 0.643. The molecule has 0 aliphatic carbocycles. The quantitative estimate of drug-likeness (QED) is 0.205. The van der Waals surface area contributed by atoms with Crippen molar-refractivity contribution in [1.29, 1.82) is 5.26 Å². The first kappa shape index (κ1) is 29.4. The summed E-state index contributed by atoms with van der Waals surface area (Å²) >= 11 is 6.91. The van der Waals surface area contributed by atoms with E-state index in [1.54, 1.807) is 9.47 Å². The van der Waals surface area contributed by atoms with Crippen LogP contribution in [-0.4, -0.2) is 63.9 Å². The summed E-state index contributed by atoms with van der Waals surface area (Å²) < 4.78 is 2.33. The van der Waals surface area contributed by atoms with Gasteiger partial charge in [0.1, 0.15) is 21.8 Å². The summed E-state index contributed by atoms with van der Waals surface area (Å²) in [6, 6.07) is 2.13. The minimum Gasteiger partial charge on any atom is -0.355 e. The Morgan fingerprint density at radius 1 is 0.973 bits per heavy atom. The van der Waals surface area contributed by atoms with E-state index in [9.17, 15) is 14.9 Å². The zero-order valence-corrected chi connectivity index (χ0v) is 24.5. The molecule has 0 unspecified atom stereocenters. The lowest BCUT2D eigenvalue weighted by atomic mass is 10.0. The van der Waals surface area contributed by atoms with Crippen LogP contribution >= 0.6 is 24.0 Å². The van der Waals surface area contributed by atoms with Gasteiger partial charge in [0.15, 0.2) is 0 Å². The first-order valence-corrected chi connectivity index (χ1v) is 15.0. The molecule has 9 heteroatoms. The lowest BCUT2D eigenvalue weighted by Gasteiger charge is -2.37. The molecule has 202 valence electrons. The van der Waals surface area contributed by atoms with Crippen LogP contribution in [0, 0.1) is 18.3 Å². The number of amides is 1. The van der Waals surface area contributed by atoms with Gasteiger partial charge < -0.3 is 9.80 Å². The van der Waals surface area contributed by atoms with Gasteiger partial charge in [-0.05, 0) is 37.9 Å². The molecule has 1 aromatic heterocycles. The molecule has 1 amide bonds. The van der Waals surface area contributed by atoms with Crippen molar-refractivity contribution in [2.24, 2.45) is 0 Å². The molecule has 3 heterocycles. The van der Waals surface area contributed by atoms with Gasteiger partial charge in [-0.2, -0.15) is 5.26 Å². The second kappa shape index (κ2) is 14.1. The molecule has 0 radical (unpaired) electrons. The number of piperazine rings is 1. The molecule has 7 nitrogen and oxygen atoms in total. The number of hydrogen-bond acceptors (Lipinski definition) is 7. The highest BCUT2D eigenvalue weighted by molar-refractivity contribution is 8.26. The lowest BCUT2D eigenvalue weighted by Crippen LogP contribution is -2.48. The number of aromatic nitrogens is 1. The van der Waals surface area contributed by atoms with Crippen molar-refractivity contribution >= 4 is 46.1 Å². The van der Waals surface area contributed by atoms with Crippen molar-refractivity contribution in [3.63, 3.8) is 0 Å². The number of likely N-dealkylation sites (N-methyl/N-ethyl adjacent to an activating group) is 1. The zero-order chi connectivity index (χ0) is 26.9. The summed E-state index contributed by atoms with van der Waals surface area (Å²) in [5.41, 5.74) is 1.32. The molecule has 0 spiro atoms. The second-order valence-corrected chi connectivity index (χ2v) is 11.5. The van der Waals surface area contributed by atoms with E-state index in [2.05, 4.69) is 29.7 Å². The number of thioether (sulfide) groups is 1. The number of hydrogen-bond donors (Lipinski definition) is 0. The van der Waals surface area contributed by atoms with E-state index < -0.39 is 0 Å². The summed E-state index contributed by atoms with van der Waals surface area (Å²) in [5.74, 6) is 0.747. The molecule has 0 aromatic carbocycles. The maximum absolute atomic E-state index is 13.4. The van der Waals surface area contributed by atoms with E-state index in [1.165, 1.54) is 37.4 Å². The van der Waals surface area contributed by atoms with Crippen LogP contribution in [0.25, 0.3) is 6.08 Å². The smallest absolute Gasteiger partial charge is 0.270 e. The van der Waals surface area contributed by atoms with Gasteiger partial charge in [0.05, 0.1) is 4.91 Å². The minimum atomic E-state index is -0.248. The van der Waals surface area contributed by atoms with E-state index in [4.69, 9.17) is 12.2 Å². The Hall–Kier alpha value is -2.15. The number of unbranched alkanes of at least 4 members (excludes halogenated alkanes) is 5. The molecule has 0 N–H and O–H groups in total. The van der Waals surface area contributed by atoms with Crippen LogP contribution in [0.3, 0.4) is 0 Å². The molecule has 2 aliphatic heterocycles. The minimum absolute atomic E-state index is 0.0727. The van der Waals surface area contributed by atoms with Crippen LogP contribution in [-0.2, 0) is 11.3 Å². The summed E-state index contributed by atoms with van der Waals surface area (Å²) in [6.07, 6.45) is 9.57. The largest absolute Gasteiger partial charge is 0.355 e. The number of carbonyl (C=O) groups is 1. The third-order valence-electron chi connectivity index (χ3n) is 7.30. The monoisotopic (exact) mass is 543 g/mol. The number of pyridine rings is 1. The number of thiocarbonyl (C=S) groups is 1. The highest BCUT2D eigenvalue weighted by Gasteiger charge is 2.33. The van der Waals surface area contributed by atoms with Crippen LogP contribution in [0.1, 0.15) is 82.4 Å². The van der Waals surface area contributed by atoms with Gasteiger partial charge in [-0.25, -0.2) is 0 Å². The molecular formula is C28H41N5O2S2. The third-order valence-corrected chi connectivity index (χ3v) is 8.67. The van der Waals surface area contributed by atoms with Gasteiger partial charge in [0.25, 0.3) is 11.5 Å². The predicted molar refractivity (Wildman–Crippen MR) is 158 cm³/mol. The maximum atomic E-state index is 13.4. The van der Waals surface area contributed by atoms with E-state index >= 15 is 0 Å². The first-order chi connectivity index (χ1) is 17.9. The van der Waals surface area contributed by atoms with Gasteiger partial charge in [0.2, 0.25) is 0 Å². The number of rotatable bonds is 12. The highest BCUT2D eigenvalue weighted by atomic mass is 32.2. The molecule has 0 atom stereocenters. The number of carbonyl (C=O) groups excluding carboxylic acids is 1. The summed E-state index contributed by atoms with van der Waals surface area (Å²) in [4.78, 5) is 33.7. The van der Waals surface area contributed by atoms with E-state index in [1.807, 2.05) is 19.9 Å². The van der Waals surface area contributed by atoms with Crippen molar-refractivity contribution in [2.75, 3.05) is 44.2 Å². The third kappa shape index (κ3) is 6.84. The summed E-state index contributed by atoms with van der Waals surface area (Å²) in [6.45, 7) is 13.8. The van der Waals surface area contributed by atoms with Gasteiger partial charge >= 0.3 is 0 Å². The molecule has 1 aromatic rings. The van der Waals surface area contributed by atoms with Crippen molar-refractivity contribution < 1.29 is 4.79 Å². The normalized spacial score (nSPS) is 17.8.